The Hall–Kier alpha value is -4.35. The molecule has 0 bridgehead atoms. The lowest BCUT2D eigenvalue weighted by molar-refractivity contribution is -0.120. The molecule has 12 heteroatoms. The van der Waals surface area contributed by atoms with E-state index >= 15 is 0 Å². The number of hydrogen-bond acceptors (Lipinski definition) is 8. The summed E-state index contributed by atoms with van der Waals surface area (Å²) in [6, 6.07) is 12.8. The first kappa shape index (κ1) is 29.2. The molecule has 4 heterocycles. The molecular weight excluding hydrogens is 576 g/mol. The van der Waals surface area contributed by atoms with E-state index in [-0.39, 0.29) is 46.6 Å². The van der Waals surface area contributed by atoms with Gasteiger partial charge < -0.3 is 20.3 Å². The summed E-state index contributed by atoms with van der Waals surface area (Å²) in [6.45, 7) is 6.08. The van der Waals surface area contributed by atoms with Crippen molar-refractivity contribution in [2.45, 2.75) is 45.2 Å². The number of halogens is 1. The topological polar surface area (TPSA) is 126 Å². The summed E-state index contributed by atoms with van der Waals surface area (Å²) in [7, 11) is 1.52. The van der Waals surface area contributed by atoms with Crippen molar-refractivity contribution in [2.24, 2.45) is 0 Å². The largest absolute Gasteiger partial charge is 0.497 e. The van der Waals surface area contributed by atoms with Crippen LogP contribution in [0.3, 0.4) is 0 Å². The quantitative estimate of drug-likeness (QED) is 0.291. The van der Waals surface area contributed by atoms with Crippen LogP contribution < -0.4 is 15.4 Å². The number of ether oxygens (including phenoxy) is 1. The Morgan fingerprint density at radius 2 is 1.93 bits per heavy atom. The van der Waals surface area contributed by atoms with Crippen molar-refractivity contribution >= 4 is 52.3 Å². The maximum atomic E-state index is 14.0. The van der Waals surface area contributed by atoms with Crippen LogP contribution in [0.1, 0.15) is 57.1 Å². The molecular formula is C30H29ClN6O4S. The van der Waals surface area contributed by atoms with E-state index in [2.05, 4.69) is 25.6 Å². The van der Waals surface area contributed by atoms with Crippen LogP contribution in [0.2, 0.25) is 5.02 Å². The van der Waals surface area contributed by atoms with Crippen LogP contribution in [0, 0.1) is 0 Å². The van der Waals surface area contributed by atoms with Gasteiger partial charge in [0, 0.05) is 42.5 Å². The lowest BCUT2D eigenvalue weighted by atomic mass is 9.98. The van der Waals surface area contributed by atoms with E-state index in [9.17, 15) is 14.4 Å². The molecule has 2 N–H and O–H groups in total. The normalized spacial score (nSPS) is 15.1. The summed E-state index contributed by atoms with van der Waals surface area (Å²) in [5.41, 5.74) is 1.24. The van der Waals surface area contributed by atoms with Gasteiger partial charge in [-0.25, -0.2) is 9.97 Å². The molecule has 4 aromatic rings. The molecule has 3 amide bonds. The number of rotatable bonds is 7. The van der Waals surface area contributed by atoms with Gasteiger partial charge in [0.1, 0.15) is 27.5 Å². The van der Waals surface area contributed by atoms with Crippen LogP contribution in [-0.4, -0.2) is 50.7 Å². The minimum atomic E-state index is -0.854. The number of aromatic nitrogens is 3. The van der Waals surface area contributed by atoms with E-state index in [0.29, 0.717) is 27.7 Å². The fourth-order valence-corrected chi connectivity index (χ4v) is 5.74. The Balaban J connectivity index is 1.45. The van der Waals surface area contributed by atoms with Crippen LogP contribution in [-0.2, 0) is 23.2 Å². The predicted octanol–water partition coefficient (Wildman–Crippen LogP) is 5.35. The van der Waals surface area contributed by atoms with Gasteiger partial charge in [0.15, 0.2) is 5.82 Å². The summed E-state index contributed by atoms with van der Waals surface area (Å²) in [6.07, 6.45) is 3.38. The van der Waals surface area contributed by atoms with Crippen LogP contribution in [0.15, 0.2) is 60.9 Å². The molecule has 1 aliphatic rings. The predicted molar refractivity (Wildman–Crippen MR) is 161 cm³/mol. The van der Waals surface area contributed by atoms with Gasteiger partial charge in [0.05, 0.1) is 17.7 Å². The standard InChI is InChI=1S/C30H29ClN6O4S/c1-30(2,3)29-36-25-24(42-29)28(40)37(22(27(39)35-25)14-18-7-5-6-11-32-18)16-17-8-9-20(21(31)13-17)26(38)34-23-15-19(41-4)10-12-33-23/h5-13,15,22H,14,16H2,1-4H3,(H,35,39)(H,33,34,38). The minimum absolute atomic E-state index is 0.0744. The number of benzene rings is 1. The Labute approximate surface area is 252 Å². The zero-order valence-corrected chi connectivity index (χ0v) is 25.0. The van der Waals surface area contributed by atoms with Crippen LogP contribution in [0.4, 0.5) is 11.6 Å². The first-order valence-electron chi connectivity index (χ1n) is 13.2. The third-order valence-electron chi connectivity index (χ3n) is 6.61. The molecule has 1 aliphatic heterocycles. The molecule has 10 nitrogen and oxygen atoms in total. The number of nitrogens with zero attached hydrogens (tertiary/aromatic N) is 4. The highest BCUT2D eigenvalue weighted by molar-refractivity contribution is 7.14. The molecule has 1 unspecified atom stereocenters. The summed E-state index contributed by atoms with van der Waals surface area (Å²) >= 11 is 7.83. The highest BCUT2D eigenvalue weighted by Crippen LogP contribution is 2.36. The number of anilines is 2. The first-order valence-corrected chi connectivity index (χ1v) is 14.4. The molecule has 0 saturated carbocycles. The molecule has 1 atom stereocenters. The van der Waals surface area contributed by atoms with Gasteiger partial charge >= 0.3 is 0 Å². The first-order chi connectivity index (χ1) is 20.0. The average molecular weight is 605 g/mol. The second-order valence-electron chi connectivity index (χ2n) is 10.8. The lowest BCUT2D eigenvalue weighted by Gasteiger charge is -2.28. The molecule has 0 aliphatic carbocycles. The van der Waals surface area contributed by atoms with Gasteiger partial charge in [-0.3, -0.25) is 19.4 Å². The average Bonchev–Trinajstić information content (AvgIpc) is 3.36. The van der Waals surface area contributed by atoms with Gasteiger partial charge in [-0.1, -0.05) is 44.5 Å². The van der Waals surface area contributed by atoms with Crippen LogP contribution in [0.25, 0.3) is 0 Å². The number of hydrogen-bond donors (Lipinski definition) is 2. The number of pyridine rings is 2. The maximum Gasteiger partial charge on any atom is 0.268 e. The van der Waals surface area contributed by atoms with Crippen molar-refractivity contribution < 1.29 is 19.1 Å². The third kappa shape index (κ3) is 6.27. The van der Waals surface area contributed by atoms with Crippen molar-refractivity contribution in [3.05, 3.63) is 92.7 Å². The fraction of sp³-hybridized carbons (Fsp3) is 0.267. The van der Waals surface area contributed by atoms with Crippen LogP contribution >= 0.6 is 22.9 Å². The van der Waals surface area contributed by atoms with Gasteiger partial charge in [-0.2, -0.15) is 0 Å². The smallest absolute Gasteiger partial charge is 0.268 e. The minimum Gasteiger partial charge on any atom is -0.497 e. The molecule has 216 valence electrons. The number of carbonyl (C=O) groups is 3. The summed E-state index contributed by atoms with van der Waals surface area (Å²) < 4.78 is 5.18. The van der Waals surface area contributed by atoms with Crippen molar-refractivity contribution in [3.8, 4) is 5.75 Å². The highest BCUT2D eigenvalue weighted by atomic mass is 35.5. The molecule has 0 saturated heterocycles. The van der Waals surface area contributed by atoms with E-state index in [0.717, 1.165) is 5.01 Å². The summed E-state index contributed by atoms with van der Waals surface area (Å²) in [5.74, 6) is 0.00447. The Kier molecular flexibility index (Phi) is 8.24. The van der Waals surface area contributed by atoms with Gasteiger partial charge in [0.2, 0.25) is 5.91 Å². The second-order valence-corrected chi connectivity index (χ2v) is 12.2. The molecule has 0 radical (unpaired) electrons. The Bertz CT molecular complexity index is 1650. The number of carbonyl (C=O) groups excluding carboxylic acids is 3. The van der Waals surface area contributed by atoms with Crippen LogP contribution in [0.5, 0.6) is 5.75 Å². The monoisotopic (exact) mass is 604 g/mol. The van der Waals surface area contributed by atoms with E-state index in [1.165, 1.54) is 29.5 Å². The third-order valence-corrected chi connectivity index (χ3v) is 8.39. The van der Waals surface area contributed by atoms with E-state index in [1.54, 1.807) is 42.6 Å². The highest BCUT2D eigenvalue weighted by Gasteiger charge is 2.39. The Morgan fingerprint density at radius 1 is 1.12 bits per heavy atom. The molecule has 0 spiro atoms. The van der Waals surface area contributed by atoms with E-state index < -0.39 is 11.9 Å². The summed E-state index contributed by atoms with van der Waals surface area (Å²) in [4.78, 5) is 55.5. The molecule has 0 fully saturated rings. The molecule has 42 heavy (non-hydrogen) atoms. The number of fused-ring (bicyclic) bond motifs is 1. The maximum absolute atomic E-state index is 14.0. The second kappa shape index (κ2) is 11.9. The van der Waals surface area contributed by atoms with E-state index in [1.807, 2.05) is 32.9 Å². The number of thiazole rings is 1. The SMILES string of the molecule is COc1ccnc(NC(=O)c2ccc(CN3C(=O)c4sc(C(C)(C)C)nc4NC(=O)C3Cc3ccccn3)cc2Cl)c1. The molecule has 3 aromatic heterocycles. The Morgan fingerprint density at radius 3 is 2.62 bits per heavy atom. The van der Waals surface area contributed by atoms with Crippen molar-refractivity contribution in [1.29, 1.82) is 0 Å². The zero-order chi connectivity index (χ0) is 30.0. The lowest BCUT2D eigenvalue weighted by Crippen LogP contribution is -2.46. The van der Waals surface area contributed by atoms with Crippen molar-refractivity contribution in [3.63, 3.8) is 0 Å². The number of methoxy groups -OCH3 is 1. The summed E-state index contributed by atoms with van der Waals surface area (Å²) in [5, 5.41) is 6.52. The van der Waals surface area contributed by atoms with Crippen molar-refractivity contribution in [1.82, 2.24) is 19.9 Å². The molecule has 1 aromatic carbocycles. The van der Waals surface area contributed by atoms with E-state index in [4.69, 9.17) is 16.3 Å². The fourth-order valence-electron chi connectivity index (χ4n) is 4.41. The van der Waals surface area contributed by atoms with Gasteiger partial charge in [0.25, 0.3) is 11.8 Å². The van der Waals surface area contributed by atoms with Gasteiger partial charge in [-0.05, 0) is 35.9 Å². The number of nitrogens with one attached hydrogen (secondary N) is 2. The van der Waals surface area contributed by atoms with Gasteiger partial charge in [-0.15, -0.1) is 11.3 Å². The molecule has 5 rings (SSSR count). The zero-order valence-electron chi connectivity index (χ0n) is 23.5. The number of amides is 3. The van der Waals surface area contributed by atoms with Crippen molar-refractivity contribution in [2.75, 3.05) is 17.7 Å².